The first-order valence-corrected chi connectivity index (χ1v) is 6.92. The van der Waals surface area contributed by atoms with E-state index in [0.29, 0.717) is 25.9 Å². The Morgan fingerprint density at radius 1 is 1.19 bits per heavy atom. The number of carbonyl (C=O) groups is 2. The third-order valence-electron chi connectivity index (χ3n) is 4.07. The number of benzene rings is 1. The Labute approximate surface area is 122 Å². The smallest absolute Gasteiger partial charge is 0.407 e. The fraction of sp³-hybridized carbons (Fsp3) is 0.467. The zero-order valence-corrected chi connectivity index (χ0v) is 11.5. The number of likely N-dealkylation sites (tertiary alicyclic amines) is 1. The van der Waals surface area contributed by atoms with Gasteiger partial charge in [0.2, 0.25) is 0 Å². The van der Waals surface area contributed by atoms with Gasteiger partial charge in [-0.25, -0.2) is 9.18 Å². The molecule has 1 unspecified atom stereocenters. The van der Waals surface area contributed by atoms with E-state index in [4.69, 9.17) is 10.2 Å². The zero-order valence-electron chi connectivity index (χ0n) is 11.5. The molecule has 0 bridgehead atoms. The molecule has 0 aromatic heterocycles. The van der Waals surface area contributed by atoms with Gasteiger partial charge in [-0.05, 0) is 42.4 Å². The predicted molar refractivity (Wildman–Crippen MR) is 73.7 cm³/mol. The van der Waals surface area contributed by atoms with Gasteiger partial charge in [-0.3, -0.25) is 4.79 Å². The Kier molecular flexibility index (Phi) is 4.77. The second-order valence-electron chi connectivity index (χ2n) is 5.36. The Balaban J connectivity index is 2.12. The highest BCUT2D eigenvalue weighted by Gasteiger charge is 2.30. The molecule has 2 rings (SSSR count). The molecule has 0 aliphatic carbocycles. The zero-order chi connectivity index (χ0) is 15.4. The maximum Gasteiger partial charge on any atom is 0.407 e. The van der Waals surface area contributed by atoms with Crippen LogP contribution in [-0.4, -0.2) is 40.3 Å². The van der Waals surface area contributed by atoms with Crippen molar-refractivity contribution < 1.29 is 24.2 Å². The van der Waals surface area contributed by atoms with Crippen molar-refractivity contribution in [2.24, 2.45) is 5.92 Å². The number of rotatable bonds is 4. The molecule has 0 radical (unpaired) electrons. The van der Waals surface area contributed by atoms with E-state index in [1.54, 1.807) is 12.1 Å². The average Bonchev–Trinajstić information content (AvgIpc) is 2.46. The van der Waals surface area contributed by atoms with Gasteiger partial charge < -0.3 is 15.1 Å². The number of hydrogen-bond donors (Lipinski definition) is 2. The number of carboxylic acids is 1. The van der Waals surface area contributed by atoms with E-state index in [1.807, 2.05) is 0 Å². The lowest BCUT2D eigenvalue weighted by Gasteiger charge is -2.34. The molecule has 0 spiro atoms. The summed E-state index contributed by atoms with van der Waals surface area (Å²) in [5, 5.41) is 18.0. The summed E-state index contributed by atoms with van der Waals surface area (Å²) >= 11 is 0. The van der Waals surface area contributed by atoms with Gasteiger partial charge in [0, 0.05) is 13.1 Å². The second kappa shape index (κ2) is 6.56. The lowest BCUT2D eigenvalue weighted by molar-refractivity contribution is -0.137. The number of piperidine rings is 1. The van der Waals surface area contributed by atoms with Gasteiger partial charge >= 0.3 is 12.1 Å². The standard InChI is InChI=1S/C15H18FNO4/c16-12-3-1-10(2-4-12)13(9-14(18)19)11-5-7-17(8-6-11)15(20)21/h1-4,11,13H,5-9H2,(H,18,19)(H,20,21). The molecule has 1 aromatic rings. The van der Waals surface area contributed by atoms with Gasteiger partial charge in [0.15, 0.2) is 0 Å². The summed E-state index contributed by atoms with van der Waals surface area (Å²) in [5.41, 5.74) is 0.799. The molecular weight excluding hydrogens is 277 g/mol. The summed E-state index contributed by atoms with van der Waals surface area (Å²) in [5.74, 6) is -1.36. The second-order valence-corrected chi connectivity index (χ2v) is 5.36. The Morgan fingerprint density at radius 3 is 2.24 bits per heavy atom. The molecule has 5 nitrogen and oxygen atoms in total. The lowest BCUT2D eigenvalue weighted by Crippen LogP contribution is -2.39. The van der Waals surface area contributed by atoms with Crippen LogP contribution in [0, 0.1) is 11.7 Å². The van der Waals surface area contributed by atoms with Crippen molar-refractivity contribution in [1.29, 1.82) is 0 Å². The highest BCUT2D eigenvalue weighted by molar-refractivity contribution is 5.68. The van der Waals surface area contributed by atoms with E-state index in [1.165, 1.54) is 17.0 Å². The monoisotopic (exact) mass is 295 g/mol. The van der Waals surface area contributed by atoms with Crippen LogP contribution >= 0.6 is 0 Å². The molecule has 6 heteroatoms. The average molecular weight is 295 g/mol. The maximum atomic E-state index is 13.0. The molecule has 1 fully saturated rings. The first kappa shape index (κ1) is 15.3. The number of halogens is 1. The number of aliphatic carboxylic acids is 1. The normalized spacial score (nSPS) is 17.5. The van der Waals surface area contributed by atoms with Crippen LogP contribution in [0.3, 0.4) is 0 Å². The van der Waals surface area contributed by atoms with Crippen LogP contribution in [-0.2, 0) is 4.79 Å². The fourth-order valence-electron chi connectivity index (χ4n) is 2.95. The van der Waals surface area contributed by atoms with Crippen LogP contribution in [0.25, 0.3) is 0 Å². The van der Waals surface area contributed by atoms with Crippen LogP contribution in [0.1, 0.15) is 30.7 Å². The van der Waals surface area contributed by atoms with Crippen LogP contribution in [0.15, 0.2) is 24.3 Å². The van der Waals surface area contributed by atoms with Gasteiger partial charge in [0.05, 0.1) is 6.42 Å². The summed E-state index contributed by atoms with van der Waals surface area (Å²) in [4.78, 5) is 23.3. The molecule has 2 N–H and O–H groups in total. The quantitative estimate of drug-likeness (QED) is 0.895. The van der Waals surface area contributed by atoms with E-state index in [9.17, 15) is 14.0 Å². The third-order valence-corrected chi connectivity index (χ3v) is 4.07. The minimum absolute atomic E-state index is 0.0244. The van der Waals surface area contributed by atoms with Gasteiger partial charge in [0.25, 0.3) is 0 Å². The van der Waals surface area contributed by atoms with E-state index >= 15 is 0 Å². The number of amides is 1. The fourth-order valence-corrected chi connectivity index (χ4v) is 2.95. The van der Waals surface area contributed by atoms with Gasteiger partial charge in [0.1, 0.15) is 5.82 Å². The molecule has 1 aromatic carbocycles. The Bertz CT molecular complexity index is 509. The summed E-state index contributed by atoms with van der Waals surface area (Å²) in [6, 6.07) is 5.89. The summed E-state index contributed by atoms with van der Waals surface area (Å²) < 4.78 is 13.0. The molecule has 1 heterocycles. The van der Waals surface area contributed by atoms with Crippen molar-refractivity contribution in [3.8, 4) is 0 Å². The molecule has 0 saturated carbocycles. The number of hydrogen-bond acceptors (Lipinski definition) is 2. The Morgan fingerprint density at radius 2 is 1.76 bits per heavy atom. The summed E-state index contributed by atoms with van der Waals surface area (Å²) in [7, 11) is 0. The molecule has 21 heavy (non-hydrogen) atoms. The first-order chi connectivity index (χ1) is 9.97. The summed E-state index contributed by atoms with van der Waals surface area (Å²) in [6.45, 7) is 0.828. The minimum Gasteiger partial charge on any atom is -0.481 e. The van der Waals surface area contributed by atoms with E-state index in [-0.39, 0.29) is 24.1 Å². The maximum absolute atomic E-state index is 13.0. The molecular formula is C15H18FNO4. The third kappa shape index (κ3) is 3.93. The van der Waals surface area contributed by atoms with Crippen molar-refractivity contribution in [3.05, 3.63) is 35.6 Å². The number of nitrogens with zero attached hydrogens (tertiary/aromatic N) is 1. The van der Waals surface area contributed by atoms with Crippen LogP contribution < -0.4 is 0 Å². The van der Waals surface area contributed by atoms with Gasteiger partial charge in [-0.1, -0.05) is 12.1 Å². The molecule has 1 aliphatic heterocycles. The molecule has 1 aliphatic rings. The van der Waals surface area contributed by atoms with Crippen molar-refractivity contribution in [2.45, 2.75) is 25.2 Å². The van der Waals surface area contributed by atoms with Crippen LogP contribution in [0.2, 0.25) is 0 Å². The highest BCUT2D eigenvalue weighted by Crippen LogP contribution is 2.35. The molecule has 1 amide bonds. The molecule has 1 atom stereocenters. The number of carboxylic acid groups (broad SMARTS) is 2. The van der Waals surface area contributed by atoms with Crippen molar-refractivity contribution in [2.75, 3.05) is 13.1 Å². The molecule has 1 saturated heterocycles. The highest BCUT2D eigenvalue weighted by atomic mass is 19.1. The molecule has 114 valence electrons. The lowest BCUT2D eigenvalue weighted by atomic mass is 9.78. The van der Waals surface area contributed by atoms with Gasteiger partial charge in [-0.2, -0.15) is 0 Å². The van der Waals surface area contributed by atoms with E-state index in [2.05, 4.69) is 0 Å². The predicted octanol–water partition coefficient (Wildman–Crippen LogP) is 2.77. The van der Waals surface area contributed by atoms with Crippen LogP contribution in [0.5, 0.6) is 0 Å². The Hall–Kier alpha value is -2.11. The summed E-state index contributed by atoms with van der Waals surface area (Å²) in [6.07, 6.45) is 0.289. The van der Waals surface area contributed by atoms with Crippen LogP contribution in [0.4, 0.5) is 9.18 Å². The SMILES string of the molecule is O=C(O)CC(c1ccc(F)cc1)C1CCN(C(=O)O)CC1. The van der Waals surface area contributed by atoms with Crippen molar-refractivity contribution in [1.82, 2.24) is 4.90 Å². The first-order valence-electron chi connectivity index (χ1n) is 6.92. The largest absolute Gasteiger partial charge is 0.481 e. The topological polar surface area (TPSA) is 77.8 Å². The van der Waals surface area contributed by atoms with Gasteiger partial charge in [-0.15, -0.1) is 0 Å². The van der Waals surface area contributed by atoms with Crippen molar-refractivity contribution in [3.63, 3.8) is 0 Å². The minimum atomic E-state index is -0.940. The van der Waals surface area contributed by atoms with Crippen molar-refractivity contribution >= 4 is 12.1 Å². The van der Waals surface area contributed by atoms with E-state index in [0.717, 1.165) is 5.56 Å². The van der Waals surface area contributed by atoms with E-state index < -0.39 is 12.1 Å².